The highest BCUT2D eigenvalue weighted by Gasteiger charge is 2.18. The minimum Gasteiger partial charge on any atom is -0.355 e. The highest BCUT2D eigenvalue weighted by molar-refractivity contribution is 5.76. The summed E-state index contributed by atoms with van der Waals surface area (Å²) in [6.45, 7) is 7.46. The largest absolute Gasteiger partial charge is 0.355 e. The van der Waals surface area contributed by atoms with E-state index in [-0.39, 0.29) is 11.3 Å². The van der Waals surface area contributed by atoms with Gasteiger partial charge in [-0.2, -0.15) is 5.26 Å². The van der Waals surface area contributed by atoms with E-state index >= 15 is 0 Å². The minimum absolute atomic E-state index is 0.153. The van der Waals surface area contributed by atoms with Crippen LogP contribution in [0.25, 0.3) is 0 Å². The van der Waals surface area contributed by atoms with E-state index in [1.54, 1.807) is 0 Å². The number of carbonyl (C=O) groups is 1. The van der Waals surface area contributed by atoms with Gasteiger partial charge in [-0.3, -0.25) is 4.79 Å². The molecule has 0 bridgehead atoms. The lowest BCUT2D eigenvalue weighted by Crippen LogP contribution is -2.29. The van der Waals surface area contributed by atoms with Crippen molar-refractivity contribution in [2.45, 2.75) is 33.1 Å². The first-order valence-electron chi connectivity index (χ1n) is 5.94. The fraction of sp³-hybridized carbons (Fsp3) is 0.833. The summed E-state index contributed by atoms with van der Waals surface area (Å²) in [4.78, 5) is 13.4. The average molecular weight is 223 g/mol. The summed E-state index contributed by atoms with van der Waals surface area (Å²) < 4.78 is 0. The first-order valence-corrected chi connectivity index (χ1v) is 5.94. The standard InChI is InChI=1S/C12H21N3O/c1-12(2,10-13)5-3-7-15-8-4-11(16)14-6-9-15/h3-9H2,1-2H3,(H,14,16). The van der Waals surface area contributed by atoms with Gasteiger partial charge in [-0.05, 0) is 33.2 Å². The highest BCUT2D eigenvalue weighted by Crippen LogP contribution is 2.20. The van der Waals surface area contributed by atoms with Crippen molar-refractivity contribution in [3.8, 4) is 6.07 Å². The first-order chi connectivity index (χ1) is 7.53. The zero-order valence-electron chi connectivity index (χ0n) is 10.3. The smallest absolute Gasteiger partial charge is 0.221 e. The van der Waals surface area contributed by atoms with Crippen LogP contribution < -0.4 is 5.32 Å². The normalized spacial score (nSPS) is 18.7. The molecule has 16 heavy (non-hydrogen) atoms. The van der Waals surface area contributed by atoms with Crippen LogP contribution in [-0.2, 0) is 4.79 Å². The lowest BCUT2D eigenvalue weighted by molar-refractivity contribution is -0.120. The molecule has 1 aliphatic heterocycles. The molecule has 1 N–H and O–H groups in total. The van der Waals surface area contributed by atoms with E-state index < -0.39 is 0 Å². The number of hydrogen-bond donors (Lipinski definition) is 1. The third kappa shape index (κ3) is 4.63. The van der Waals surface area contributed by atoms with Crippen LogP contribution in [0.5, 0.6) is 0 Å². The molecule has 0 radical (unpaired) electrons. The van der Waals surface area contributed by atoms with Crippen LogP contribution in [-0.4, -0.2) is 37.0 Å². The molecule has 0 aromatic carbocycles. The van der Waals surface area contributed by atoms with Crippen LogP contribution in [0.2, 0.25) is 0 Å². The second-order valence-corrected chi connectivity index (χ2v) is 5.04. The van der Waals surface area contributed by atoms with Crippen molar-refractivity contribution in [3.63, 3.8) is 0 Å². The van der Waals surface area contributed by atoms with Crippen molar-refractivity contribution in [1.82, 2.24) is 10.2 Å². The number of nitrogens with zero attached hydrogens (tertiary/aromatic N) is 2. The van der Waals surface area contributed by atoms with Crippen LogP contribution in [0.1, 0.15) is 33.1 Å². The molecular weight excluding hydrogens is 202 g/mol. The third-order valence-electron chi connectivity index (χ3n) is 2.98. The Morgan fingerprint density at radius 1 is 1.50 bits per heavy atom. The quantitative estimate of drug-likeness (QED) is 0.777. The molecule has 0 unspecified atom stereocenters. The Morgan fingerprint density at radius 3 is 2.94 bits per heavy atom. The van der Waals surface area contributed by atoms with Gasteiger partial charge >= 0.3 is 0 Å². The van der Waals surface area contributed by atoms with E-state index in [0.717, 1.165) is 39.0 Å². The van der Waals surface area contributed by atoms with E-state index in [1.807, 2.05) is 13.8 Å². The zero-order chi connectivity index (χ0) is 12.0. The van der Waals surface area contributed by atoms with Gasteiger partial charge in [-0.1, -0.05) is 0 Å². The Labute approximate surface area is 97.6 Å². The molecule has 1 fully saturated rings. The molecule has 1 amide bonds. The van der Waals surface area contributed by atoms with Crippen molar-refractivity contribution in [2.75, 3.05) is 26.2 Å². The maximum atomic E-state index is 11.1. The van der Waals surface area contributed by atoms with Gasteiger partial charge in [0.25, 0.3) is 0 Å². The monoisotopic (exact) mass is 223 g/mol. The third-order valence-corrected chi connectivity index (χ3v) is 2.98. The van der Waals surface area contributed by atoms with Gasteiger partial charge in [-0.15, -0.1) is 0 Å². The predicted octanol–water partition coefficient (Wildman–Crippen LogP) is 1.14. The molecule has 1 rings (SSSR count). The minimum atomic E-state index is -0.222. The summed E-state index contributed by atoms with van der Waals surface area (Å²) in [6.07, 6.45) is 2.54. The number of amides is 1. The molecule has 0 aromatic rings. The number of carbonyl (C=O) groups excluding carboxylic acids is 1. The molecule has 0 aromatic heterocycles. The molecule has 1 saturated heterocycles. The van der Waals surface area contributed by atoms with Gasteiger partial charge in [0.2, 0.25) is 5.91 Å². The van der Waals surface area contributed by atoms with E-state index in [4.69, 9.17) is 5.26 Å². The molecule has 0 spiro atoms. The maximum absolute atomic E-state index is 11.1. The van der Waals surface area contributed by atoms with Crippen LogP contribution in [0.15, 0.2) is 0 Å². The number of nitrogens with one attached hydrogen (secondary N) is 1. The van der Waals surface area contributed by atoms with Gasteiger partial charge in [0.1, 0.15) is 0 Å². The van der Waals surface area contributed by atoms with E-state index in [9.17, 15) is 4.79 Å². The first kappa shape index (κ1) is 13.0. The Bertz CT molecular complexity index is 280. The Balaban J connectivity index is 2.23. The Morgan fingerprint density at radius 2 is 2.25 bits per heavy atom. The Kier molecular flexibility index (Phi) is 4.75. The number of nitriles is 1. The summed E-state index contributed by atoms with van der Waals surface area (Å²) in [6, 6.07) is 2.31. The summed E-state index contributed by atoms with van der Waals surface area (Å²) in [5.41, 5.74) is -0.222. The second kappa shape index (κ2) is 5.86. The van der Waals surface area contributed by atoms with Crippen LogP contribution >= 0.6 is 0 Å². The van der Waals surface area contributed by atoms with E-state index in [0.29, 0.717) is 6.42 Å². The van der Waals surface area contributed by atoms with Gasteiger partial charge in [-0.25, -0.2) is 0 Å². The molecule has 1 heterocycles. The summed E-state index contributed by atoms with van der Waals surface area (Å²) in [5, 5.41) is 11.8. The van der Waals surface area contributed by atoms with Crippen molar-refractivity contribution < 1.29 is 4.79 Å². The molecule has 90 valence electrons. The molecule has 0 atom stereocenters. The van der Waals surface area contributed by atoms with Gasteiger partial charge < -0.3 is 10.2 Å². The van der Waals surface area contributed by atoms with Crippen LogP contribution in [0.3, 0.4) is 0 Å². The Hall–Kier alpha value is -1.08. The van der Waals surface area contributed by atoms with Gasteiger partial charge in [0.15, 0.2) is 0 Å². The number of hydrogen-bond acceptors (Lipinski definition) is 3. The fourth-order valence-corrected chi connectivity index (χ4v) is 1.84. The molecule has 4 nitrogen and oxygen atoms in total. The summed E-state index contributed by atoms with van der Waals surface area (Å²) in [5.74, 6) is 0.153. The van der Waals surface area contributed by atoms with Crippen molar-refractivity contribution in [1.29, 1.82) is 5.26 Å². The maximum Gasteiger partial charge on any atom is 0.221 e. The zero-order valence-corrected chi connectivity index (χ0v) is 10.3. The van der Waals surface area contributed by atoms with E-state index in [2.05, 4.69) is 16.3 Å². The average Bonchev–Trinajstić information content (AvgIpc) is 2.44. The van der Waals surface area contributed by atoms with Gasteiger partial charge in [0, 0.05) is 26.1 Å². The van der Waals surface area contributed by atoms with Crippen molar-refractivity contribution >= 4 is 5.91 Å². The van der Waals surface area contributed by atoms with Gasteiger partial charge in [0.05, 0.1) is 11.5 Å². The molecule has 1 aliphatic rings. The summed E-state index contributed by atoms with van der Waals surface area (Å²) >= 11 is 0. The van der Waals surface area contributed by atoms with Crippen LogP contribution in [0.4, 0.5) is 0 Å². The lowest BCUT2D eigenvalue weighted by atomic mass is 9.90. The number of rotatable bonds is 4. The SMILES string of the molecule is CC(C)(C#N)CCCN1CCNC(=O)CC1. The predicted molar refractivity (Wildman–Crippen MR) is 62.7 cm³/mol. The van der Waals surface area contributed by atoms with Crippen molar-refractivity contribution in [3.05, 3.63) is 0 Å². The second-order valence-electron chi connectivity index (χ2n) is 5.04. The topological polar surface area (TPSA) is 56.1 Å². The molecule has 0 saturated carbocycles. The lowest BCUT2D eigenvalue weighted by Gasteiger charge is -2.21. The fourth-order valence-electron chi connectivity index (χ4n) is 1.84. The van der Waals surface area contributed by atoms with Crippen LogP contribution in [0, 0.1) is 16.7 Å². The highest BCUT2D eigenvalue weighted by atomic mass is 16.1. The van der Waals surface area contributed by atoms with Crippen molar-refractivity contribution in [2.24, 2.45) is 5.41 Å². The molecule has 4 heteroatoms. The van der Waals surface area contributed by atoms with E-state index in [1.165, 1.54) is 0 Å². The molecular formula is C12H21N3O. The molecule has 0 aliphatic carbocycles. The summed E-state index contributed by atoms with van der Waals surface area (Å²) in [7, 11) is 0.